The van der Waals surface area contributed by atoms with Gasteiger partial charge in [0.05, 0.1) is 0 Å². The predicted molar refractivity (Wildman–Crippen MR) is 67.2 cm³/mol. The van der Waals surface area contributed by atoms with Crippen LogP contribution in [0, 0.1) is 18.6 Å². The van der Waals surface area contributed by atoms with E-state index in [2.05, 4.69) is 5.32 Å². The highest BCUT2D eigenvalue weighted by Gasteiger charge is 2.17. The van der Waals surface area contributed by atoms with Crippen molar-refractivity contribution in [2.24, 2.45) is 0 Å². The molecule has 0 fully saturated rings. The second kappa shape index (κ2) is 5.06. The first-order valence-electron chi connectivity index (χ1n) is 5.54. The Hall–Kier alpha value is -2.43. The number of halogens is 2. The largest absolute Gasteiger partial charge is 0.508 e. The highest BCUT2D eigenvalue weighted by atomic mass is 19.1. The van der Waals surface area contributed by atoms with Crippen LogP contribution in [0.3, 0.4) is 0 Å². The molecule has 0 bridgehead atoms. The zero-order chi connectivity index (χ0) is 14.0. The smallest absolute Gasteiger partial charge is 0.261 e. The number of carbonyl (C=O) groups is 1. The molecular weight excluding hydrogens is 252 g/mol. The number of amides is 1. The minimum atomic E-state index is -0.935. The van der Waals surface area contributed by atoms with Crippen LogP contribution in [0.25, 0.3) is 0 Å². The number of benzene rings is 2. The summed E-state index contributed by atoms with van der Waals surface area (Å²) in [5, 5.41) is 11.9. The van der Waals surface area contributed by atoms with Gasteiger partial charge in [-0.15, -0.1) is 0 Å². The second-order valence-electron chi connectivity index (χ2n) is 4.00. The summed E-state index contributed by atoms with van der Waals surface area (Å²) in [7, 11) is 0. The number of hydrogen-bond acceptors (Lipinski definition) is 2. The molecule has 0 aliphatic carbocycles. The van der Waals surface area contributed by atoms with E-state index in [9.17, 15) is 18.7 Å². The van der Waals surface area contributed by atoms with Crippen LogP contribution in [-0.4, -0.2) is 11.0 Å². The van der Waals surface area contributed by atoms with Crippen LogP contribution >= 0.6 is 0 Å². The van der Waals surface area contributed by atoms with E-state index in [1.165, 1.54) is 24.3 Å². The molecule has 0 radical (unpaired) electrons. The lowest BCUT2D eigenvalue weighted by Gasteiger charge is -2.10. The van der Waals surface area contributed by atoms with Gasteiger partial charge in [-0.25, -0.2) is 8.78 Å². The molecular formula is C14H11F2NO2. The van der Waals surface area contributed by atoms with E-state index in [0.717, 1.165) is 12.1 Å². The molecule has 0 aliphatic heterocycles. The molecule has 1 amide bonds. The van der Waals surface area contributed by atoms with Crippen molar-refractivity contribution < 1.29 is 18.7 Å². The molecule has 0 aliphatic rings. The van der Waals surface area contributed by atoms with Crippen molar-refractivity contribution in [2.75, 3.05) is 5.32 Å². The Balaban J connectivity index is 2.34. The van der Waals surface area contributed by atoms with Gasteiger partial charge < -0.3 is 10.4 Å². The number of nitrogens with one attached hydrogen (secondary N) is 1. The molecule has 2 aromatic rings. The van der Waals surface area contributed by atoms with Gasteiger partial charge in [-0.3, -0.25) is 4.79 Å². The molecule has 19 heavy (non-hydrogen) atoms. The number of phenolic OH excluding ortho intramolecular Hbond substituents is 1. The molecule has 2 aromatic carbocycles. The number of aromatic hydroxyl groups is 1. The van der Waals surface area contributed by atoms with Crippen molar-refractivity contribution in [3.8, 4) is 5.75 Å². The van der Waals surface area contributed by atoms with Gasteiger partial charge in [-0.1, -0.05) is 12.1 Å². The van der Waals surface area contributed by atoms with Gasteiger partial charge in [0.15, 0.2) is 0 Å². The first kappa shape index (κ1) is 13.0. The van der Waals surface area contributed by atoms with E-state index >= 15 is 0 Å². The molecule has 3 nitrogen and oxygen atoms in total. The maximum atomic E-state index is 13.4. The summed E-state index contributed by atoms with van der Waals surface area (Å²) >= 11 is 0. The summed E-state index contributed by atoms with van der Waals surface area (Å²) in [5.74, 6) is -2.78. The van der Waals surface area contributed by atoms with E-state index in [1.54, 1.807) is 6.92 Å². The van der Waals surface area contributed by atoms with Gasteiger partial charge in [0.1, 0.15) is 22.9 Å². The zero-order valence-electron chi connectivity index (χ0n) is 10.1. The standard InChI is InChI=1S/C14H11F2NO2/c1-8-11(6-3-7-12(8)18)17-14(19)13-9(15)4-2-5-10(13)16/h2-7,18H,1H3,(H,17,19). The Morgan fingerprint density at radius 1 is 1.11 bits per heavy atom. The number of hydrogen-bond donors (Lipinski definition) is 2. The summed E-state index contributed by atoms with van der Waals surface area (Å²) in [5.41, 5.74) is 0.0745. The maximum Gasteiger partial charge on any atom is 0.261 e. The fourth-order valence-electron chi connectivity index (χ4n) is 1.66. The molecule has 0 aromatic heterocycles. The van der Waals surface area contributed by atoms with Gasteiger partial charge in [-0.05, 0) is 31.2 Å². The van der Waals surface area contributed by atoms with Crippen molar-refractivity contribution >= 4 is 11.6 Å². The van der Waals surface area contributed by atoms with Crippen LogP contribution in [0.1, 0.15) is 15.9 Å². The lowest BCUT2D eigenvalue weighted by atomic mass is 10.1. The number of rotatable bonds is 2. The van der Waals surface area contributed by atoms with Gasteiger partial charge in [-0.2, -0.15) is 0 Å². The lowest BCUT2D eigenvalue weighted by Crippen LogP contribution is -2.16. The van der Waals surface area contributed by atoms with Crippen LogP contribution < -0.4 is 5.32 Å². The average Bonchev–Trinajstić information content (AvgIpc) is 2.35. The maximum absolute atomic E-state index is 13.4. The topological polar surface area (TPSA) is 49.3 Å². The third-order valence-corrected chi connectivity index (χ3v) is 2.74. The Kier molecular flexibility index (Phi) is 3.46. The van der Waals surface area contributed by atoms with Crippen LogP contribution in [0.5, 0.6) is 5.75 Å². The quantitative estimate of drug-likeness (QED) is 0.873. The molecule has 0 spiro atoms. The Morgan fingerprint density at radius 2 is 1.68 bits per heavy atom. The highest BCUT2D eigenvalue weighted by molar-refractivity contribution is 6.05. The Bertz CT molecular complexity index is 621. The van der Waals surface area contributed by atoms with Crippen LogP contribution in [0.15, 0.2) is 36.4 Å². The van der Waals surface area contributed by atoms with Gasteiger partial charge >= 0.3 is 0 Å². The SMILES string of the molecule is Cc1c(O)cccc1NC(=O)c1c(F)cccc1F. The van der Waals surface area contributed by atoms with Crippen LogP contribution in [0.4, 0.5) is 14.5 Å². The fourth-order valence-corrected chi connectivity index (χ4v) is 1.66. The van der Waals surface area contributed by atoms with E-state index < -0.39 is 23.1 Å². The van der Waals surface area contributed by atoms with Gasteiger partial charge in [0, 0.05) is 11.3 Å². The molecule has 0 heterocycles. The monoisotopic (exact) mass is 263 g/mol. The Morgan fingerprint density at radius 3 is 2.32 bits per heavy atom. The molecule has 0 unspecified atom stereocenters. The number of anilines is 1. The molecule has 98 valence electrons. The normalized spacial score (nSPS) is 10.3. The first-order valence-corrected chi connectivity index (χ1v) is 5.54. The van der Waals surface area contributed by atoms with Gasteiger partial charge in [0.25, 0.3) is 5.91 Å². The van der Waals surface area contributed by atoms with E-state index in [0.29, 0.717) is 11.3 Å². The lowest BCUT2D eigenvalue weighted by molar-refractivity contribution is 0.101. The fraction of sp³-hybridized carbons (Fsp3) is 0.0714. The van der Waals surface area contributed by atoms with Crippen molar-refractivity contribution in [1.29, 1.82) is 0 Å². The third kappa shape index (κ3) is 2.54. The molecule has 0 saturated heterocycles. The van der Waals surface area contributed by atoms with Crippen molar-refractivity contribution in [1.82, 2.24) is 0 Å². The third-order valence-electron chi connectivity index (χ3n) is 2.74. The number of phenols is 1. The van der Waals surface area contributed by atoms with Crippen molar-refractivity contribution in [3.63, 3.8) is 0 Å². The average molecular weight is 263 g/mol. The second-order valence-corrected chi connectivity index (χ2v) is 4.00. The Labute approximate surface area is 108 Å². The van der Waals surface area contributed by atoms with E-state index in [1.807, 2.05) is 0 Å². The molecule has 5 heteroatoms. The summed E-state index contributed by atoms with van der Waals surface area (Å²) in [6.45, 7) is 1.59. The summed E-state index contributed by atoms with van der Waals surface area (Å²) < 4.78 is 26.9. The van der Waals surface area contributed by atoms with E-state index in [4.69, 9.17) is 0 Å². The van der Waals surface area contributed by atoms with Crippen molar-refractivity contribution in [2.45, 2.75) is 6.92 Å². The van der Waals surface area contributed by atoms with E-state index in [-0.39, 0.29) is 5.75 Å². The van der Waals surface area contributed by atoms with Crippen LogP contribution in [-0.2, 0) is 0 Å². The molecule has 2 N–H and O–H groups in total. The van der Waals surface area contributed by atoms with Crippen LogP contribution in [0.2, 0.25) is 0 Å². The number of carbonyl (C=O) groups excluding carboxylic acids is 1. The summed E-state index contributed by atoms with van der Waals surface area (Å²) in [6.07, 6.45) is 0. The minimum Gasteiger partial charge on any atom is -0.508 e. The predicted octanol–water partition coefficient (Wildman–Crippen LogP) is 3.23. The minimum absolute atomic E-state index is 0.00759. The molecule has 2 rings (SSSR count). The van der Waals surface area contributed by atoms with Gasteiger partial charge in [0.2, 0.25) is 0 Å². The zero-order valence-corrected chi connectivity index (χ0v) is 10.1. The van der Waals surface area contributed by atoms with Crippen molar-refractivity contribution in [3.05, 3.63) is 59.2 Å². The molecule has 0 atom stereocenters. The summed E-state index contributed by atoms with van der Waals surface area (Å²) in [6, 6.07) is 7.71. The summed E-state index contributed by atoms with van der Waals surface area (Å²) in [4.78, 5) is 11.8. The first-order chi connectivity index (χ1) is 9.00. The molecule has 0 saturated carbocycles. The highest BCUT2D eigenvalue weighted by Crippen LogP contribution is 2.25.